The average molecular weight is 402 g/mol. The van der Waals surface area contributed by atoms with Crippen LogP contribution in [0.1, 0.15) is 32.1 Å². The predicted molar refractivity (Wildman–Crippen MR) is 112 cm³/mol. The Labute approximate surface area is 172 Å². The van der Waals surface area contributed by atoms with Gasteiger partial charge in [0.1, 0.15) is 10.1 Å². The van der Waals surface area contributed by atoms with Crippen molar-refractivity contribution in [2.24, 2.45) is 0 Å². The van der Waals surface area contributed by atoms with E-state index in [2.05, 4.69) is 10.2 Å². The second-order valence-corrected chi connectivity index (χ2v) is 7.42. The van der Waals surface area contributed by atoms with Crippen LogP contribution in [0.4, 0.5) is 0 Å². The molecule has 4 rings (SSSR count). The van der Waals surface area contributed by atoms with Crippen molar-refractivity contribution in [1.82, 2.24) is 19.6 Å². The van der Waals surface area contributed by atoms with Gasteiger partial charge in [0.15, 0.2) is 12.6 Å². The van der Waals surface area contributed by atoms with Gasteiger partial charge >= 0.3 is 0 Å². The Bertz CT molecular complexity index is 1090. The lowest BCUT2D eigenvalue weighted by atomic mass is 10.3. The summed E-state index contributed by atoms with van der Waals surface area (Å²) in [7, 11) is 0. The third-order valence-electron chi connectivity index (χ3n) is 4.56. The van der Waals surface area contributed by atoms with Crippen LogP contribution in [0.15, 0.2) is 70.7 Å². The first-order chi connectivity index (χ1) is 14.1. The van der Waals surface area contributed by atoms with Crippen molar-refractivity contribution in [2.75, 3.05) is 0 Å². The molecular formula is C22H18N4O2S. The average Bonchev–Trinajstić information content (AvgIpc) is 3.25. The first-order valence-electron chi connectivity index (χ1n) is 9.02. The van der Waals surface area contributed by atoms with Crippen molar-refractivity contribution in [1.29, 1.82) is 0 Å². The van der Waals surface area contributed by atoms with E-state index in [0.29, 0.717) is 32.6 Å². The standard InChI is InChI=1S/C22H18N4O2S/c1-15-19(13-27)21(25(23-15)17-9-5-3-6-10-17)29-22-20(14-28)16(2)24-26(22)18-11-7-4-8-12-18/h3-14H,1-2H3. The van der Waals surface area contributed by atoms with Crippen molar-refractivity contribution in [2.45, 2.75) is 23.9 Å². The highest BCUT2D eigenvalue weighted by molar-refractivity contribution is 7.99. The maximum absolute atomic E-state index is 11.8. The topological polar surface area (TPSA) is 69.8 Å². The van der Waals surface area contributed by atoms with Gasteiger partial charge in [-0.25, -0.2) is 9.36 Å². The van der Waals surface area contributed by atoms with Crippen molar-refractivity contribution in [3.05, 3.63) is 83.2 Å². The zero-order chi connectivity index (χ0) is 20.4. The minimum atomic E-state index is 0.495. The minimum Gasteiger partial charge on any atom is -0.298 e. The van der Waals surface area contributed by atoms with Crippen LogP contribution in [0.5, 0.6) is 0 Å². The second-order valence-electron chi connectivity index (χ2n) is 6.44. The number of hydrogen-bond donors (Lipinski definition) is 0. The molecule has 0 spiro atoms. The highest BCUT2D eigenvalue weighted by Gasteiger charge is 2.23. The number of aryl methyl sites for hydroxylation is 2. The zero-order valence-corrected chi connectivity index (χ0v) is 16.8. The van der Waals surface area contributed by atoms with Gasteiger partial charge in [-0.3, -0.25) is 9.59 Å². The Morgan fingerprint density at radius 3 is 1.41 bits per heavy atom. The molecule has 2 aromatic heterocycles. The molecule has 29 heavy (non-hydrogen) atoms. The Hall–Kier alpha value is -3.45. The first kappa shape index (κ1) is 18.9. The lowest BCUT2D eigenvalue weighted by Gasteiger charge is -2.10. The molecule has 0 bridgehead atoms. The van der Waals surface area contributed by atoms with Crippen molar-refractivity contribution >= 4 is 24.3 Å². The van der Waals surface area contributed by atoms with Crippen molar-refractivity contribution < 1.29 is 9.59 Å². The molecule has 0 aliphatic rings. The molecule has 0 unspecified atom stereocenters. The summed E-state index contributed by atoms with van der Waals surface area (Å²) in [6.07, 6.45) is 1.61. The molecule has 0 aliphatic heterocycles. The van der Waals surface area contributed by atoms with Gasteiger partial charge in [0.25, 0.3) is 0 Å². The molecule has 7 heteroatoms. The van der Waals surface area contributed by atoms with Gasteiger partial charge < -0.3 is 0 Å². The van der Waals surface area contributed by atoms with Gasteiger partial charge in [-0.2, -0.15) is 10.2 Å². The number of carbonyl (C=O) groups excluding carboxylic acids is 2. The maximum atomic E-state index is 11.8. The number of nitrogens with zero attached hydrogens (tertiary/aromatic N) is 4. The van der Waals surface area contributed by atoms with Crippen LogP contribution in [0.3, 0.4) is 0 Å². The second kappa shape index (κ2) is 7.89. The fourth-order valence-corrected chi connectivity index (χ4v) is 4.34. The van der Waals surface area contributed by atoms with E-state index in [1.165, 1.54) is 11.8 Å². The van der Waals surface area contributed by atoms with E-state index in [-0.39, 0.29) is 0 Å². The van der Waals surface area contributed by atoms with Crippen LogP contribution in [0, 0.1) is 13.8 Å². The smallest absolute Gasteiger partial charge is 0.154 e. The van der Waals surface area contributed by atoms with Crippen LogP contribution < -0.4 is 0 Å². The number of carbonyl (C=O) groups is 2. The molecule has 2 aromatic carbocycles. The maximum Gasteiger partial charge on any atom is 0.154 e. The van der Waals surface area contributed by atoms with E-state index in [4.69, 9.17) is 0 Å². The zero-order valence-electron chi connectivity index (χ0n) is 15.9. The van der Waals surface area contributed by atoms with E-state index < -0.39 is 0 Å². The Morgan fingerprint density at radius 1 is 0.690 bits per heavy atom. The Kier molecular flexibility index (Phi) is 5.14. The van der Waals surface area contributed by atoms with Crippen LogP contribution in [-0.4, -0.2) is 32.1 Å². The number of benzene rings is 2. The van der Waals surface area contributed by atoms with Crippen LogP contribution >= 0.6 is 11.8 Å². The molecule has 144 valence electrons. The molecule has 0 amide bonds. The molecule has 0 fully saturated rings. The molecule has 6 nitrogen and oxygen atoms in total. The highest BCUT2D eigenvalue weighted by Crippen LogP contribution is 2.36. The monoisotopic (exact) mass is 402 g/mol. The largest absolute Gasteiger partial charge is 0.298 e. The van der Waals surface area contributed by atoms with E-state index in [0.717, 1.165) is 23.9 Å². The predicted octanol–water partition coefficient (Wildman–Crippen LogP) is 4.45. The summed E-state index contributed by atoms with van der Waals surface area (Å²) < 4.78 is 3.46. The summed E-state index contributed by atoms with van der Waals surface area (Å²) in [6.45, 7) is 3.60. The first-order valence-corrected chi connectivity index (χ1v) is 9.84. The number of aldehydes is 2. The summed E-state index contributed by atoms with van der Waals surface area (Å²) in [5, 5.41) is 10.4. The molecule has 0 N–H and O–H groups in total. The van der Waals surface area contributed by atoms with E-state index in [1.807, 2.05) is 60.7 Å². The van der Waals surface area contributed by atoms with Crippen LogP contribution in [0.25, 0.3) is 11.4 Å². The molecule has 0 saturated heterocycles. The van der Waals surface area contributed by atoms with Gasteiger partial charge in [-0.1, -0.05) is 36.4 Å². The summed E-state index contributed by atoms with van der Waals surface area (Å²) in [5.74, 6) is 0. The highest BCUT2D eigenvalue weighted by atomic mass is 32.2. The summed E-state index contributed by atoms with van der Waals surface area (Å²) in [4.78, 5) is 23.7. The van der Waals surface area contributed by atoms with Gasteiger partial charge in [0, 0.05) is 0 Å². The van der Waals surface area contributed by atoms with Gasteiger partial charge in [-0.05, 0) is 49.9 Å². The molecule has 0 radical (unpaired) electrons. The Morgan fingerprint density at radius 2 is 1.07 bits per heavy atom. The van der Waals surface area contributed by atoms with Crippen molar-refractivity contribution in [3.8, 4) is 11.4 Å². The Balaban J connectivity index is 1.91. The number of para-hydroxylation sites is 2. The minimum absolute atomic E-state index is 0.495. The molecule has 0 saturated carbocycles. The van der Waals surface area contributed by atoms with Crippen LogP contribution in [0.2, 0.25) is 0 Å². The fourth-order valence-electron chi connectivity index (χ4n) is 3.08. The summed E-state index contributed by atoms with van der Waals surface area (Å²) >= 11 is 1.31. The number of aromatic nitrogens is 4. The van der Waals surface area contributed by atoms with Gasteiger partial charge in [0.2, 0.25) is 0 Å². The summed E-state index contributed by atoms with van der Waals surface area (Å²) in [6, 6.07) is 19.2. The lowest BCUT2D eigenvalue weighted by Crippen LogP contribution is -2.02. The van der Waals surface area contributed by atoms with Crippen molar-refractivity contribution in [3.63, 3.8) is 0 Å². The van der Waals surface area contributed by atoms with E-state index in [1.54, 1.807) is 23.2 Å². The van der Waals surface area contributed by atoms with E-state index in [9.17, 15) is 9.59 Å². The molecular weight excluding hydrogens is 384 g/mol. The third-order valence-corrected chi connectivity index (χ3v) is 5.73. The molecule has 0 atom stereocenters. The fraction of sp³-hybridized carbons (Fsp3) is 0.0909. The van der Waals surface area contributed by atoms with Gasteiger partial charge in [0.05, 0.1) is 33.9 Å². The van der Waals surface area contributed by atoms with Gasteiger partial charge in [-0.15, -0.1) is 0 Å². The molecule has 2 heterocycles. The summed E-state index contributed by atoms with van der Waals surface area (Å²) in [5.41, 5.74) is 3.91. The molecule has 4 aromatic rings. The van der Waals surface area contributed by atoms with Crippen LogP contribution in [-0.2, 0) is 0 Å². The SMILES string of the molecule is Cc1nn(-c2ccccc2)c(Sc2c(C=O)c(C)nn2-c2ccccc2)c1C=O. The third kappa shape index (κ3) is 3.40. The quantitative estimate of drug-likeness (QED) is 0.446. The number of hydrogen-bond acceptors (Lipinski definition) is 5. The molecule has 0 aliphatic carbocycles. The normalized spacial score (nSPS) is 10.8. The lowest BCUT2D eigenvalue weighted by molar-refractivity contribution is 0.111. The number of rotatable bonds is 6. The van der Waals surface area contributed by atoms with E-state index >= 15 is 0 Å².